The number of carboxylic acids is 3. The van der Waals surface area contributed by atoms with Gasteiger partial charge < -0.3 is 94.3 Å². The van der Waals surface area contributed by atoms with Gasteiger partial charge in [0.15, 0.2) is 0 Å². The number of thiol groups is 2. The Hall–Kier alpha value is -8.67. The van der Waals surface area contributed by atoms with Crippen LogP contribution in [-0.4, -0.2) is 228 Å². The number of carboxylic acid groups (broad SMARTS) is 3. The number of aromatic nitrogens is 1. The van der Waals surface area contributed by atoms with E-state index in [1.54, 1.807) is 36.7 Å². The van der Waals surface area contributed by atoms with Gasteiger partial charge in [0.05, 0.1) is 19.1 Å². The molecule has 0 radical (unpaired) electrons. The highest BCUT2D eigenvalue weighted by Crippen LogP contribution is 2.22. The van der Waals surface area contributed by atoms with Gasteiger partial charge in [-0.25, -0.2) is 0 Å². The van der Waals surface area contributed by atoms with E-state index in [9.17, 15) is 87.5 Å². The van der Waals surface area contributed by atoms with Crippen LogP contribution < -0.4 is 58.9 Å². The number of H-pyrrole nitrogens is 1. The van der Waals surface area contributed by atoms with Crippen molar-refractivity contribution >= 4 is 131 Å². The van der Waals surface area contributed by atoms with Crippen LogP contribution in [0.25, 0.3) is 10.9 Å². The van der Waals surface area contributed by atoms with Gasteiger partial charge in [-0.05, 0) is 79.9 Å². The number of aromatic hydroxyl groups is 1. The molecule has 11 atom stereocenters. The number of carbonyl (C=O) groups excluding carboxylic acids is 11. The van der Waals surface area contributed by atoms with Gasteiger partial charge >= 0.3 is 17.9 Å². The summed E-state index contributed by atoms with van der Waals surface area (Å²) in [5.41, 5.74) is 6.78. The highest BCUT2D eigenvalue weighted by atomic mass is 32.2. The molecular formula is C58H81N13O19S3. The van der Waals surface area contributed by atoms with E-state index in [0.717, 1.165) is 6.92 Å². The van der Waals surface area contributed by atoms with Crippen molar-refractivity contribution in [3.05, 3.63) is 65.9 Å². The number of likely N-dealkylation sites (tertiary alicyclic amines) is 1. The molecule has 0 spiro atoms. The molecular weight excluding hydrogens is 1280 g/mol. The first kappa shape index (κ1) is 76.8. The smallest absolute Gasteiger partial charge is 0.322 e. The lowest BCUT2D eigenvalue weighted by Crippen LogP contribution is -2.63. The number of rotatable bonds is 38. The molecule has 32 nitrogen and oxygen atoms in total. The van der Waals surface area contributed by atoms with Gasteiger partial charge in [0.2, 0.25) is 65.0 Å². The average Bonchev–Trinajstić information content (AvgIpc) is 1.79. The van der Waals surface area contributed by atoms with Crippen molar-refractivity contribution in [2.45, 2.75) is 139 Å². The van der Waals surface area contributed by atoms with Crippen molar-refractivity contribution in [2.75, 3.05) is 43.1 Å². The Morgan fingerprint density at radius 1 is 0.624 bits per heavy atom. The number of phenols is 1. The molecule has 0 unspecified atom stereocenters. The van der Waals surface area contributed by atoms with Crippen molar-refractivity contribution in [3.8, 4) is 5.75 Å². The van der Waals surface area contributed by atoms with Gasteiger partial charge in [0, 0.05) is 54.4 Å². The SMILES string of the molecule is CSCC[C@H](NC(=O)[C@@H](NC(=O)[C@H](CC(=O)O)NC(=O)[C@@H](NC(=O)[C@H](Cc1ccc(O)cc1)NC(=O)[C@H](Cc1c[nH]c2ccccc12)NC(=O)[C@H](CCC(=O)O)NC(=O)[C@@H]1CCCN1C(=O)[C@H](CS)NC(=O)CN)[C@@H](C)O)C(C)C)C(=O)N[C@@H](CS)C(=O)NCC(=O)O. The number of fused-ring (bicyclic) bond motifs is 1. The molecule has 18 N–H and O–H groups in total. The van der Waals surface area contributed by atoms with E-state index in [-0.39, 0.29) is 43.1 Å². The number of hydrogen-bond donors (Lipinski definition) is 19. The Morgan fingerprint density at radius 2 is 1.17 bits per heavy atom. The van der Waals surface area contributed by atoms with Gasteiger partial charge in [-0.2, -0.15) is 37.0 Å². The Kier molecular flexibility index (Phi) is 31.2. The summed E-state index contributed by atoms with van der Waals surface area (Å²) in [6, 6.07) is -3.54. The van der Waals surface area contributed by atoms with Gasteiger partial charge in [-0.3, -0.25) is 67.1 Å². The molecule has 0 bridgehead atoms. The van der Waals surface area contributed by atoms with E-state index < -0.39 is 194 Å². The number of nitrogens with two attached hydrogens (primary N) is 1. The Morgan fingerprint density at radius 3 is 1.75 bits per heavy atom. The van der Waals surface area contributed by atoms with Crippen molar-refractivity contribution in [1.82, 2.24) is 63.1 Å². The number of aliphatic hydroxyl groups excluding tert-OH is 1. The summed E-state index contributed by atoms with van der Waals surface area (Å²) in [5.74, 6) is -16.3. The lowest BCUT2D eigenvalue weighted by atomic mass is 10.0. The van der Waals surface area contributed by atoms with Gasteiger partial charge in [-0.15, -0.1) is 0 Å². The number of carbonyl (C=O) groups is 14. The largest absolute Gasteiger partial charge is 0.508 e. The number of amides is 11. The molecule has 1 fully saturated rings. The molecule has 4 rings (SSSR count). The maximum atomic E-state index is 14.9. The number of benzene rings is 2. The number of aliphatic carboxylic acids is 3. The zero-order chi connectivity index (χ0) is 69.2. The number of para-hydroxylation sites is 1. The van der Waals surface area contributed by atoms with E-state index in [4.69, 9.17) is 10.8 Å². The van der Waals surface area contributed by atoms with E-state index in [0.29, 0.717) is 34.2 Å². The van der Waals surface area contributed by atoms with Crippen molar-refractivity contribution < 1.29 is 92.7 Å². The predicted molar refractivity (Wildman–Crippen MR) is 342 cm³/mol. The molecule has 0 aliphatic carbocycles. The third-order valence-corrected chi connectivity index (χ3v) is 16.0. The third kappa shape index (κ3) is 24.1. The molecule has 35 heteroatoms. The van der Waals surface area contributed by atoms with Gasteiger partial charge in [0.25, 0.3) is 0 Å². The lowest BCUT2D eigenvalue weighted by molar-refractivity contribution is -0.142. The summed E-state index contributed by atoms with van der Waals surface area (Å²) >= 11 is 9.54. The average molecular weight is 1360 g/mol. The highest BCUT2D eigenvalue weighted by molar-refractivity contribution is 7.98. The van der Waals surface area contributed by atoms with Crippen LogP contribution in [0.3, 0.4) is 0 Å². The summed E-state index contributed by atoms with van der Waals surface area (Å²) < 4.78 is 0. The topological polar surface area (TPSA) is 505 Å². The van der Waals surface area contributed by atoms with Crippen molar-refractivity contribution in [2.24, 2.45) is 11.7 Å². The molecule has 93 heavy (non-hydrogen) atoms. The molecule has 1 aliphatic rings. The fraction of sp³-hybridized carbons (Fsp3) is 0.517. The Labute approximate surface area is 549 Å². The lowest BCUT2D eigenvalue weighted by Gasteiger charge is -2.30. The number of aliphatic hydroxyl groups is 1. The van der Waals surface area contributed by atoms with Crippen LogP contribution in [0.15, 0.2) is 54.7 Å². The van der Waals surface area contributed by atoms with Crippen molar-refractivity contribution in [1.29, 1.82) is 0 Å². The minimum atomic E-state index is -2.03. The zero-order valence-corrected chi connectivity index (χ0v) is 53.9. The van der Waals surface area contributed by atoms with Gasteiger partial charge in [-0.1, -0.05) is 44.2 Å². The summed E-state index contributed by atoms with van der Waals surface area (Å²) in [6.45, 7) is 2.92. The molecule has 2 heterocycles. The number of aromatic amines is 1. The number of nitrogens with one attached hydrogen (secondary N) is 11. The fourth-order valence-electron chi connectivity index (χ4n) is 9.71. The number of nitrogens with zero attached hydrogens (tertiary/aromatic N) is 1. The van der Waals surface area contributed by atoms with Gasteiger partial charge in [0.1, 0.15) is 72.7 Å². The summed E-state index contributed by atoms with van der Waals surface area (Å²) in [6.07, 6.45) is -1.23. The van der Waals surface area contributed by atoms with E-state index >= 15 is 0 Å². The molecule has 2 aromatic carbocycles. The summed E-state index contributed by atoms with van der Waals surface area (Å²) in [4.78, 5) is 192. The molecule has 11 amide bonds. The zero-order valence-electron chi connectivity index (χ0n) is 51.3. The molecule has 0 saturated carbocycles. The first-order chi connectivity index (χ1) is 44.0. The van der Waals surface area contributed by atoms with E-state index in [2.05, 4.69) is 83.4 Å². The van der Waals surface area contributed by atoms with E-state index in [1.807, 2.05) is 0 Å². The maximum absolute atomic E-state index is 14.9. The predicted octanol–water partition coefficient (Wildman–Crippen LogP) is -3.84. The molecule has 3 aromatic rings. The normalized spacial score (nSPS) is 16.0. The first-order valence-electron chi connectivity index (χ1n) is 29.4. The standard InChI is InChI=1S/C58H81N13O19S3/c1-28(2)47(56(88)64-36(17-19-93-4)51(83)68-40(26-91)49(81)61-25-46(79)80)69-54(86)39(22-45(77)78)67-57(89)48(29(3)72)70-53(85)37(20-30-11-13-32(73)14-12-30)65-52(84)38(21-31-24-60-34-9-6-5-8-33(31)34)66-50(82)35(15-16-44(75)76)63-55(87)42-10-7-18-71(42)58(90)41(27-92)62-43(74)23-59/h5-6,8-9,11-14,24,28-29,35-42,47-48,60,72-73,91-92H,7,10,15-23,25-27,59H2,1-4H3,(H,61,81)(H,62,74)(H,63,87)(H,64,88)(H,65,84)(H,66,82)(H,67,89)(H,68,83)(H,69,86)(H,70,85)(H,75,76)(H,77,78)(H,79,80)/t29-,35+,36+,37+,38+,39+,40+,41+,42+,47+,48+/m1/s1. The van der Waals surface area contributed by atoms with Crippen LogP contribution >= 0.6 is 37.0 Å². The number of phenolic OH excluding ortho intramolecular Hbond substituents is 1. The fourth-order valence-corrected chi connectivity index (χ4v) is 10.7. The second-order valence-electron chi connectivity index (χ2n) is 22.1. The molecule has 1 aliphatic heterocycles. The van der Waals surface area contributed by atoms with Crippen LogP contribution in [0.5, 0.6) is 5.75 Å². The summed E-state index contributed by atoms with van der Waals surface area (Å²) in [7, 11) is 0. The molecule has 510 valence electrons. The second kappa shape index (κ2) is 37.7. The molecule has 1 saturated heterocycles. The van der Waals surface area contributed by atoms with Crippen LogP contribution in [0.4, 0.5) is 0 Å². The number of hydrogen-bond acceptors (Lipinski definition) is 20. The monoisotopic (exact) mass is 1360 g/mol. The maximum Gasteiger partial charge on any atom is 0.322 e. The highest BCUT2D eigenvalue weighted by Gasteiger charge is 2.41. The Bertz CT molecular complexity index is 3170. The third-order valence-electron chi connectivity index (χ3n) is 14.7. The quantitative estimate of drug-likeness (QED) is 0.0244. The minimum Gasteiger partial charge on any atom is -0.508 e. The minimum absolute atomic E-state index is 0.0111. The number of thioether (sulfide) groups is 1. The summed E-state index contributed by atoms with van der Waals surface area (Å²) in [5, 5.41) is 74.5. The van der Waals surface area contributed by atoms with Crippen LogP contribution in [-0.2, 0) is 80.0 Å². The van der Waals surface area contributed by atoms with Crippen LogP contribution in [0.2, 0.25) is 0 Å². The van der Waals surface area contributed by atoms with Crippen LogP contribution in [0.1, 0.15) is 70.4 Å². The van der Waals surface area contributed by atoms with Crippen LogP contribution in [0, 0.1) is 5.92 Å². The van der Waals surface area contributed by atoms with E-state index in [1.165, 1.54) is 54.8 Å². The molecule has 1 aromatic heterocycles. The first-order valence-corrected chi connectivity index (χ1v) is 32.1. The second-order valence-corrected chi connectivity index (χ2v) is 23.8. The Balaban J connectivity index is 1.65. The van der Waals surface area contributed by atoms with Crippen molar-refractivity contribution in [3.63, 3.8) is 0 Å².